The van der Waals surface area contributed by atoms with Crippen LogP contribution in [-0.4, -0.2) is 19.2 Å². The number of rotatable bonds is 3. The molecule has 3 aromatic heterocycles. The van der Waals surface area contributed by atoms with Gasteiger partial charge in [-0.15, -0.1) is 0 Å². The lowest BCUT2D eigenvalue weighted by atomic mass is 10.2. The molecule has 104 valence electrons. The summed E-state index contributed by atoms with van der Waals surface area (Å²) in [7, 11) is 0. The van der Waals surface area contributed by atoms with Crippen LogP contribution in [-0.2, 0) is 6.54 Å². The molecule has 2 N–H and O–H groups in total. The molecule has 3 heterocycles. The number of halogens is 1. The van der Waals surface area contributed by atoms with Gasteiger partial charge in [-0.3, -0.25) is 9.08 Å². The number of aromatic nitrogens is 4. The Balaban J connectivity index is 2.13. The van der Waals surface area contributed by atoms with Crippen molar-refractivity contribution in [2.45, 2.75) is 26.8 Å². The highest BCUT2D eigenvalue weighted by atomic mass is 79.9. The molecule has 0 atom stereocenters. The van der Waals surface area contributed by atoms with Crippen LogP contribution in [0, 0.1) is 6.92 Å². The molecule has 0 unspecified atom stereocenters. The van der Waals surface area contributed by atoms with E-state index in [0.29, 0.717) is 5.82 Å². The van der Waals surface area contributed by atoms with Gasteiger partial charge in [-0.05, 0) is 40.9 Å². The molecule has 0 aliphatic heterocycles. The SMILES string of the molecule is CCCn1cc(-c2nc3cc(C)c(Br)cn3c2N)cn1. The van der Waals surface area contributed by atoms with E-state index in [4.69, 9.17) is 5.73 Å². The number of nitrogens with zero attached hydrogens (tertiary/aromatic N) is 4. The van der Waals surface area contributed by atoms with Crippen LogP contribution in [0.15, 0.2) is 29.1 Å². The summed E-state index contributed by atoms with van der Waals surface area (Å²) in [5.41, 5.74) is 9.93. The summed E-state index contributed by atoms with van der Waals surface area (Å²) in [5, 5.41) is 4.33. The standard InChI is InChI=1S/C14H16BrN5/c1-3-4-19-7-10(6-17-19)13-14(16)20-8-11(15)9(2)5-12(20)18-13/h5-8H,3-4,16H2,1-2H3. The minimum atomic E-state index is 0.636. The number of nitrogens with two attached hydrogens (primary N) is 1. The Labute approximate surface area is 125 Å². The Morgan fingerprint density at radius 3 is 2.90 bits per heavy atom. The molecule has 0 bridgehead atoms. The largest absolute Gasteiger partial charge is 0.383 e. The van der Waals surface area contributed by atoms with Gasteiger partial charge in [0.25, 0.3) is 0 Å². The topological polar surface area (TPSA) is 61.1 Å². The number of fused-ring (bicyclic) bond motifs is 1. The smallest absolute Gasteiger partial charge is 0.139 e. The molecule has 0 radical (unpaired) electrons. The molecular weight excluding hydrogens is 318 g/mol. The highest BCUT2D eigenvalue weighted by Gasteiger charge is 2.14. The van der Waals surface area contributed by atoms with Crippen LogP contribution in [0.2, 0.25) is 0 Å². The summed E-state index contributed by atoms with van der Waals surface area (Å²) in [4.78, 5) is 4.62. The maximum absolute atomic E-state index is 6.22. The van der Waals surface area contributed by atoms with Crippen molar-refractivity contribution in [3.8, 4) is 11.3 Å². The summed E-state index contributed by atoms with van der Waals surface area (Å²) >= 11 is 3.52. The lowest BCUT2D eigenvalue weighted by Gasteiger charge is -2.00. The minimum Gasteiger partial charge on any atom is -0.383 e. The first kappa shape index (κ1) is 13.2. The molecule has 3 aromatic rings. The van der Waals surface area contributed by atoms with Crippen LogP contribution in [0.25, 0.3) is 16.9 Å². The van der Waals surface area contributed by atoms with Gasteiger partial charge < -0.3 is 5.73 Å². The van der Waals surface area contributed by atoms with Crippen molar-refractivity contribution in [1.82, 2.24) is 19.2 Å². The average Bonchev–Trinajstić information content (AvgIpc) is 2.98. The number of imidazole rings is 1. The van der Waals surface area contributed by atoms with Crippen molar-refractivity contribution in [3.63, 3.8) is 0 Å². The van der Waals surface area contributed by atoms with Gasteiger partial charge >= 0.3 is 0 Å². The van der Waals surface area contributed by atoms with Gasteiger partial charge in [0.15, 0.2) is 0 Å². The summed E-state index contributed by atoms with van der Waals surface area (Å²) in [6, 6.07) is 2.01. The Morgan fingerprint density at radius 2 is 2.15 bits per heavy atom. The van der Waals surface area contributed by atoms with Crippen LogP contribution in [0.4, 0.5) is 5.82 Å². The normalized spacial score (nSPS) is 11.3. The molecule has 3 rings (SSSR count). The molecule has 5 nitrogen and oxygen atoms in total. The van der Waals surface area contributed by atoms with Gasteiger partial charge in [-0.1, -0.05) is 6.92 Å². The number of aryl methyl sites for hydroxylation is 2. The molecule has 6 heteroatoms. The van der Waals surface area contributed by atoms with Crippen molar-refractivity contribution in [2.75, 3.05) is 5.73 Å². The lowest BCUT2D eigenvalue weighted by Crippen LogP contribution is -1.96. The van der Waals surface area contributed by atoms with Crippen molar-refractivity contribution < 1.29 is 0 Å². The second-order valence-corrected chi connectivity index (χ2v) is 5.72. The van der Waals surface area contributed by atoms with Gasteiger partial charge in [-0.25, -0.2) is 4.98 Å². The Kier molecular flexibility index (Phi) is 3.25. The zero-order chi connectivity index (χ0) is 14.3. The number of hydrogen-bond acceptors (Lipinski definition) is 3. The molecule has 0 saturated carbocycles. The van der Waals surface area contributed by atoms with Gasteiger partial charge in [0, 0.05) is 29.0 Å². The third-order valence-corrected chi connectivity index (χ3v) is 4.13. The van der Waals surface area contributed by atoms with Crippen molar-refractivity contribution in [2.24, 2.45) is 0 Å². The second-order valence-electron chi connectivity index (χ2n) is 4.87. The zero-order valence-electron chi connectivity index (χ0n) is 11.5. The molecule has 0 spiro atoms. The number of nitrogen functional groups attached to an aromatic ring is 1. The van der Waals surface area contributed by atoms with E-state index in [1.807, 2.05) is 40.7 Å². The summed E-state index contributed by atoms with van der Waals surface area (Å²) in [5.74, 6) is 0.636. The zero-order valence-corrected chi connectivity index (χ0v) is 13.1. The molecule has 0 fully saturated rings. The fourth-order valence-electron chi connectivity index (χ4n) is 2.23. The number of pyridine rings is 1. The van der Waals surface area contributed by atoms with E-state index < -0.39 is 0 Å². The van der Waals surface area contributed by atoms with Gasteiger partial charge in [0.2, 0.25) is 0 Å². The molecule has 20 heavy (non-hydrogen) atoms. The van der Waals surface area contributed by atoms with Crippen molar-refractivity contribution in [1.29, 1.82) is 0 Å². The summed E-state index contributed by atoms with van der Waals surface area (Å²) in [6.45, 7) is 5.06. The molecule has 0 saturated heterocycles. The van der Waals surface area contributed by atoms with E-state index in [1.54, 1.807) is 0 Å². The first-order chi connectivity index (χ1) is 9.60. The number of anilines is 1. The first-order valence-electron chi connectivity index (χ1n) is 6.56. The third-order valence-electron chi connectivity index (χ3n) is 3.30. The van der Waals surface area contributed by atoms with Crippen LogP contribution in [0.1, 0.15) is 18.9 Å². The predicted molar refractivity (Wildman–Crippen MR) is 83.6 cm³/mol. The molecule has 0 aliphatic carbocycles. The Bertz CT molecular complexity index is 771. The van der Waals surface area contributed by atoms with Crippen LogP contribution in [0.5, 0.6) is 0 Å². The monoisotopic (exact) mass is 333 g/mol. The van der Waals surface area contributed by atoms with E-state index in [-0.39, 0.29) is 0 Å². The highest BCUT2D eigenvalue weighted by molar-refractivity contribution is 9.10. The first-order valence-corrected chi connectivity index (χ1v) is 7.36. The molecular formula is C14H16BrN5. The molecule has 0 amide bonds. The van der Waals surface area contributed by atoms with Crippen LogP contribution >= 0.6 is 15.9 Å². The molecule has 0 aromatic carbocycles. The van der Waals surface area contributed by atoms with E-state index >= 15 is 0 Å². The quantitative estimate of drug-likeness (QED) is 0.800. The summed E-state index contributed by atoms with van der Waals surface area (Å²) < 4.78 is 4.83. The third kappa shape index (κ3) is 2.10. The lowest BCUT2D eigenvalue weighted by molar-refractivity contribution is 0.603. The van der Waals surface area contributed by atoms with E-state index in [1.165, 1.54) is 0 Å². The fraction of sp³-hybridized carbons (Fsp3) is 0.286. The maximum atomic E-state index is 6.22. The summed E-state index contributed by atoms with van der Waals surface area (Å²) in [6.07, 6.45) is 6.81. The van der Waals surface area contributed by atoms with Gasteiger partial charge in [-0.2, -0.15) is 5.10 Å². The van der Waals surface area contributed by atoms with E-state index in [9.17, 15) is 0 Å². The fourth-order valence-corrected chi connectivity index (χ4v) is 2.55. The maximum Gasteiger partial charge on any atom is 0.139 e. The Morgan fingerprint density at radius 1 is 1.35 bits per heavy atom. The van der Waals surface area contributed by atoms with E-state index in [0.717, 1.165) is 39.9 Å². The van der Waals surface area contributed by atoms with Crippen molar-refractivity contribution >= 4 is 27.4 Å². The minimum absolute atomic E-state index is 0.636. The molecule has 0 aliphatic rings. The highest BCUT2D eigenvalue weighted by Crippen LogP contribution is 2.28. The number of hydrogen-bond donors (Lipinski definition) is 1. The van der Waals surface area contributed by atoms with E-state index in [2.05, 4.69) is 32.9 Å². The van der Waals surface area contributed by atoms with Crippen LogP contribution < -0.4 is 5.73 Å². The average molecular weight is 334 g/mol. The van der Waals surface area contributed by atoms with Crippen molar-refractivity contribution in [3.05, 3.63) is 34.7 Å². The van der Waals surface area contributed by atoms with Gasteiger partial charge in [0.1, 0.15) is 17.2 Å². The Hall–Kier alpha value is -1.82. The predicted octanol–water partition coefficient (Wildman–Crippen LogP) is 3.26. The second kappa shape index (κ2) is 4.94. The van der Waals surface area contributed by atoms with Gasteiger partial charge in [0.05, 0.1) is 6.20 Å². The van der Waals surface area contributed by atoms with Crippen LogP contribution in [0.3, 0.4) is 0 Å².